The molecule has 0 bridgehead atoms. The lowest BCUT2D eigenvalue weighted by Gasteiger charge is -2.25. The summed E-state index contributed by atoms with van der Waals surface area (Å²) in [5.41, 5.74) is 3.48. The minimum absolute atomic E-state index is 0.576. The molecule has 4 rings (SSSR count). The Morgan fingerprint density at radius 2 is 2.05 bits per heavy atom. The highest BCUT2D eigenvalue weighted by atomic mass is 15.1. The van der Waals surface area contributed by atoms with Crippen molar-refractivity contribution in [1.29, 1.82) is 0 Å². The second-order valence-corrected chi connectivity index (χ2v) is 7.87. The van der Waals surface area contributed by atoms with Gasteiger partial charge in [0, 0.05) is 37.7 Å². The number of nitrogens with zero attached hydrogens (tertiary/aromatic N) is 2. The van der Waals surface area contributed by atoms with Crippen LogP contribution in [0.4, 0.5) is 0 Å². The Bertz CT molecular complexity index is 519. The van der Waals surface area contributed by atoms with Crippen molar-refractivity contribution < 1.29 is 0 Å². The molecule has 0 unspecified atom stereocenters. The average molecular weight is 287 g/mol. The third-order valence-corrected chi connectivity index (χ3v) is 6.33. The monoisotopic (exact) mass is 287 g/mol. The molecule has 0 spiro atoms. The lowest BCUT2D eigenvalue weighted by Crippen LogP contribution is -2.27. The van der Waals surface area contributed by atoms with E-state index in [-0.39, 0.29) is 0 Å². The molecule has 3 heteroatoms. The fourth-order valence-corrected chi connectivity index (χ4v) is 4.46. The molecule has 2 aliphatic carbocycles. The zero-order chi connectivity index (χ0) is 14.4. The molecule has 1 aliphatic heterocycles. The van der Waals surface area contributed by atoms with Crippen LogP contribution in [0.15, 0.2) is 0 Å². The number of hydrogen-bond acceptors (Lipinski definition) is 2. The Labute approximate surface area is 128 Å². The van der Waals surface area contributed by atoms with E-state index < -0.39 is 0 Å². The van der Waals surface area contributed by atoms with Gasteiger partial charge in [0.15, 0.2) is 0 Å². The number of hydrogen-bond donors (Lipinski definition) is 1. The van der Waals surface area contributed by atoms with Crippen LogP contribution in [0.3, 0.4) is 0 Å². The number of rotatable bonds is 4. The van der Waals surface area contributed by atoms with Crippen LogP contribution in [-0.4, -0.2) is 16.1 Å². The molecule has 3 aliphatic rings. The largest absolute Gasteiger partial charge is 0.331 e. The Kier molecular flexibility index (Phi) is 3.36. The van der Waals surface area contributed by atoms with Crippen LogP contribution in [0.2, 0.25) is 0 Å². The summed E-state index contributed by atoms with van der Waals surface area (Å²) in [7, 11) is 0. The summed E-state index contributed by atoms with van der Waals surface area (Å²) in [6.45, 7) is 8.16. The zero-order valence-corrected chi connectivity index (χ0v) is 13.6. The molecule has 21 heavy (non-hydrogen) atoms. The quantitative estimate of drug-likeness (QED) is 0.916. The summed E-state index contributed by atoms with van der Waals surface area (Å²) < 4.78 is 2.68. The minimum atomic E-state index is 0.576. The maximum Gasteiger partial charge on any atom is 0.112 e. The van der Waals surface area contributed by atoms with Gasteiger partial charge in [-0.1, -0.05) is 26.7 Å². The Morgan fingerprint density at radius 1 is 1.29 bits per heavy atom. The topological polar surface area (TPSA) is 29.9 Å². The molecule has 1 N–H and O–H groups in total. The summed E-state index contributed by atoms with van der Waals surface area (Å²) in [6.07, 6.45) is 9.52. The van der Waals surface area contributed by atoms with Gasteiger partial charge in [0.05, 0.1) is 5.69 Å². The standard InChI is InChI=1S/C18H29N3/c1-13(2)18(8-9-18)12-21-16-7-10-19-11-15(16)20-17(21)14-5-3-4-6-14/h13-14,19H,3-12H2,1-2H3. The van der Waals surface area contributed by atoms with Crippen molar-refractivity contribution in [2.24, 2.45) is 11.3 Å². The van der Waals surface area contributed by atoms with Crippen molar-refractivity contribution in [3.05, 3.63) is 17.2 Å². The third kappa shape index (κ3) is 2.34. The highest BCUT2D eigenvalue weighted by molar-refractivity contribution is 5.23. The van der Waals surface area contributed by atoms with E-state index in [2.05, 4.69) is 23.7 Å². The van der Waals surface area contributed by atoms with Gasteiger partial charge in [0.2, 0.25) is 0 Å². The van der Waals surface area contributed by atoms with Crippen LogP contribution in [0, 0.1) is 11.3 Å². The minimum Gasteiger partial charge on any atom is -0.331 e. The third-order valence-electron chi connectivity index (χ3n) is 6.33. The summed E-state index contributed by atoms with van der Waals surface area (Å²) in [5.74, 6) is 2.97. The van der Waals surface area contributed by atoms with Gasteiger partial charge < -0.3 is 9.88 Å². The smallest absolute Gasteiger partial charge is 0.112 e. The first-order chi connectivity index (χ1) is 10.2. The SMILES string of the molecule is CC(C)C1(Cn2c(C3CCCC3)nc3c2CCNC3)CC1. The first kappa shape index (κ1) is 13.8. The van der Waals surface area contributed by atoms with E-state index >= 15 is 0 Å². The number of nitrogens with one attached hydrogen (secondary N) is 1. The molecular formula is C18H29N3. The number of imidazole rings is 1. The highest BCUT2D eigenvalue weighted by Crippen LogP contribution is 2.54. The second kappa shape index (κ2) is 5.12. The van der Waals surface area contributed by atoms with E-state index in [0.717, 1.165) is 24.9 Å². The van der Waals surface area contributed by atoms with Gasteiger partial charge in [0.1, 0.15) is 5.82 Å². The van der Waals surface area contributed by atoms with E-state index in [9.17, 15) is 0 Å². The molecular weight excluding hydrogens is 258 g/mol. The lowest BCUT2D eigenvalue weighted by atomic mass is 9.92. The van der Waals surface area contributed by atoms with Crippen LogP contribution < -0.4 is 5.32 Å². The molecule has 1 aromatic heterocycles. The summed E-state index contributed by atoms with van der Waals surface area (Å²) in [6, 6.07) is 0. The van der Waals surface area contributed by atoms with E-state index in [0.29, 0.717) is 5.41 Å². The molecule has 0 saturated heterocycles. The summed E-state index contributed by atoms with van der Waals surface area (Å²) >= 11 is 0. The Hall–Kier alpha value is -0.830. The van der Waals surface area contributed by atoms with Gasteiger partial charge in [-0.25, -0.2) is 4.98 Å². The van der Waals surface area contributed by atoms with Gasteiger partial charge >= 0.3 is 0 Å². The van der Waals surface area contributed by atoms with E-state index in [1.807, 2.05) is 0 Å². The van der Waals surface area contributed by atoms with Crippen LogP contribution in [0.1, 0.15) is 75.5 Å². The van der Waals surface area contributed by atoms with Crippen LogP contribution in [-0.2, 0) is 19.5 Å². The van der Waals surface area contributed by atoms with Crippen molar-refractivity contribution in [3.63, 3.8) is 0 Å². The van der Waals surface area contributed by atoms with Crippen LogP contribution in [0.5, 0.6) is 0 Å². The predicted molar refractivity (Wildman–Crippen MR) is 85.4 cm³/mol. The molecule has 2 fully saturated rings. The first-order valence-corrected chi connectivity index (χ1v) is 8.98. The van der Waals surface area contributed by atoms with Gasteiger partial charge in [-0.15, -0.1) is 0 Å². The van der Waals surface area contributed by atoms with E-state index in [4.69, 9.17) is 4.98 Å². The van der Waals surface area contributed by atoms with E-state index in [1.165, 1.54) is 63.0 Å². The molecule has 0 radical (unpaired) electrons. The van der Waals surface area contributed by atoms with Gasteiger partial charge in [-0.05, 0) is 37.0 Å². The molecule has 3 nitrogen and oxygen atoms in total. The fraction of sp³-hybridized carbons (Fsp3) is 0.833. The highest BCUT2D eigenvalue weighted by Gasteiger charge is 2.46. The van der Waals surface area contributed by atoms with Gasteiger partial charge in [0.25, 0.3) is 0 Å². The van der Waals surface area contributed by atoms with Crippen molar-refractivity contribution in [2.75, 3.05) is 6.54 Å². The zero-order valence-electron chi connectivity index (χ0n) is 13.6. The molecule has 0 aromatic carbocycles. The fourth-order valence-electron chi connectivity index (χ4n) is 4.46. The van der Waals surface area contributed by atoms with Gasteiger partial charge in [-0.3, -0.25) is 0 Å². The number of fused-ring (bicyclic) bond motifs is 1. The number of aromatic nitrogens is 2. The molecule has 2 saturated carbocycles. The van der Waals surface area contributed by atoms with Crippen molar-refractivity contribution >= 4 is 0 Å². The maximum absolute atomic E-state index is 5.10. The molecule has 1 aromatic rings. The van der Waals surface area contributed by atoms with Crippen LogP contribution in [0.25, 0.3) is 0 Å². The van der Waals surface area contributed by atoms with Crippen molar-refractivity contribution in [1.82, 2.24) is 14.9 Å². The summed E-state index contributed by atoms with van der Waals surface area (Å²) in [5, 5.41) is 3.50. The molecule has 0 amide bonds. The molecule has 2 heterocycles. The van der Waals surface area contributed by atoms with Gasteiger partial charge in [-0.2, -0.15) is 0 Å². The lowest BCUT2D eigenvalue weighted by molar-refractivity contribution is 0.298. The van der Waals surface area contributed by atoms with Crippen molar-refractivity contribution in [2.45, 2.75) is 77.8 Å². The Balaban J connectivity index is 1.70. The maximum atomic E-state index is 5.10. The van der Waals surface area contributed by atoms with Crippen molar-refractivity contribution in [3.8, 4) is 0 Å². The molecule has 0 atom stereocenters. The van der Waals surface area contributed by atoms with E-state index in [1.54, 1.807) is 5.69 Å². The molecule has 116 valence electrons. The predicted octanol–water partition coefficient (Wildman–Crippen LogP) is 3.62. The normalized spacial score (nSPS) is 24.5. The average Bonchev–Trinajstić information content (AvgIpc) is 2.94. The van der Waals surface area contributed by atoms with Crippen LogP contribution >= 0.6 is 0 Å². The first-order valence-electron chi connectivity index (χ1n) is 8.98. The Morgan fingerprint density at radius 3 is 2.71 bits per heavy atom. The summed E-state index contributed by atoms with van der Waals surface area (Å²) in [4.78, 5) is 5.10. The second-order valence-electron chi connectivity index (χ2n) is 7.87.